The second-order valence-electron chi connectivity index (χ2n) is 5.86. The molecule has 25 heavy (non-hydrogen) atoms. The molecule has 0 atom stereocenters. The minimum absolute atomic E-state index is 0.336. The lowest BCUT2D eigenvalue weighted by Gasteiger charge is -2.11. The van der Waals surface area contributed by atoms with Crippen molar-refractivity contribution >= 4 is 16.9 Å². The van der Waals surface area contributed by atoms with Crippen molar-refractivity contribution in [3.8, 4) is 5.75 Å². The molecular weight excluding hydrogens is 314 g/mol. The summed E-state index contributed by atoms with van der Waals surface area (Å²) in [7, 11) is 1.38. The van der Waals surface area contributed by atoms with E-state index in [1.54, 1.807) is 12.1 Å². The van der Waals surface area contributed by atoms with Crippen molar-refractivity contribution in [2.75, 3.05) is 7.11 Å². The Balaban J connectivity index is 1.81. The number of benzene rings is 2. The van der Waals surface area contributed by atoms with Gasteiger partial charge in [0.15, 0.2) is 0 Å². The highest BCUT2D eigenvalue weighted by Gasteiger charge is 2.08. The Morgan fingerprint density at radius 3 is 2.56 bits per heavy atom. The topological polar surface area (TPSA) is 48.4 Å². The zero-order valence-electron chi connectivity index (χ0n) is 14.5. The van der Waals surface area contributed by atoms with Crippen molar-refractivity contribution in [2.45, 2.75) is 26.4 Å². The summed E-state index contributed by atoms with van der Waals surface area (Å²) < 4.78 is 10.8. The molecule has 4 nitrogen and oxygen atoms in total. The van der Waals surface area contributed by atoms with Crippen LogP contribution in [0, 0.1) is 0 Å². The predicted octanol–water partition coefficient (Wildman–Crippen LogP) is 4.55. The number of para-hydroxylation sites is 1. The van der Waals surface area contributed by atoms with E-state index in [0.717, 1.165) is 40.8 Å². The smallest absolute Gasteiger partial charge is 0.337 e. The number of hydrogen-bond donors (Lipinski definition) is 0. The van der Waals surface area contributed by atoms with E-state index in [9.17, 15) is 4.79 Å². The third-order valence-corrected chi connectivity index (χ3v) is 4.01. The quantitative estimate of drug-likeness (QED) is 0.620. The summed E-state index contributed by atoms with van der Waals surface area (Å²) in [6, 6.07) is 17.3. The summed E-state index contributed by atoms with van der Waals surface area (Å²) in [5.41, 5.74) is 3.51. The average molecular weight is 335 g/mol. The molecule has 3 aromatic rings. The van der Waals surface area contributed by atoms with Crippen LogP contribution >= 0.6 is 0 Å². The zero-order chi connectivity index (χ0) is 17.6. The molecule has 0 fully saturated rings. The molecule has 0 bridgehead atoms. The van der Waals surface area contributed by atoms with E-state index in [1.807, 2.05) is 42.5 Å². The van der Waals surface area contributed by atoms with Gasteiger partial charge in [-0.05, 0) is 36.2 Å². The number of rotatable bonds is 6. The first-order valence-electron chi connectivity index (χ1n) is 8.40. The fourth-order valence-electron chi connectivity index (χ4n) is 2.72. The summed E-state index contributed by atoms with van der Waals surface area (Å²) in [4.78, 5) is 16.2. The summed E-state index contributed by atoms with van der Waals surface area (Å²) in [6.07, 6.45) is 1.97. The second-order valence-corrected chi connectivity index (χ2v) is 5.86. The number of fused-ring (bicyclic) bond motifs is 1. The lowest BCUT2D eigenvalue weighted by molar-refractivity contribution is 0.0600. The number of aryl methyl sites for hydroxylation is 1. The first-order valence-corrected chi connectivity index (χ1v) is 8.40. The van der Waals surface area contributed by atoms with E-state index in [2.05, 4.69) is 11.9 Å². The SMILES string of the molecule is CCCc1cc(OCc2ccc(C(=O)OC)cc2)c2ccccc2n1. The van der Waals surface area contributed by atoms with E-state index >= 15 is 0 Å². The standard InChI is InChI=1S/C21H21NO3/c1-3-6-17-13-20(18-7-4-5-8-19(18)22-17)25-14-15-9-11-16(12-10-15)21(23)24-2/h4-5,7-13H,3,6,14H2,1-2H3. The summed E-state index contributed by atoms with van der Waals surface area (Å²) in [5.74, 6) is 0.503. The third kappa shape index (κ3) is 3.97. The Morgan fingerprint density at radius 2 is 1.84 bits per heavy atom. The van der Waals surface area contributed by atoms with Crippen molar-refractivity contribution in [1.29, 1.82) is 0 Å². The summed E-state index contributed by atoms with van der Waals surface area (Å²) >= 11 is 0. The Morgan fingerprint density at radius 1 is 1.08 bits per heavy atom. The third-order valence-electron chi connectivity index (χ3n) is 4.01. The molecule has 0 aliphatic carbocycles. The molecule has 0 amide bonds. The van der Waals surface area contributed by atoms with E-state index in [4.69, 9.17) is 9.47 Å². The molecular formula is C21H21NO3. The Labute approximate surface area is 147 Å². The van der Waals surface area contributed by atoms with Crippen molar-refractivity contribution in [1.82, 2.24) is 4.98 Å². The number of aromatic nitrogens is 1. The van der Waals surface area contributed by atoms with Crippen molar-refractivity contribution in [3.05, 3.63) is 71.4 Å². The lowest BCUT2D eigenvalue weighted by atomic mass is 10.1. The summed E-state index contributed by atoms with van der Waals surface area (Å²) in [5, 5.41) is 1.01. The van der Waals surface area contributed by atoms with Gasteiger partial charge in [-0.2, -0.15) is 0 Å². The highest BCUT2D eigenvalue weighted by atomic mass is 16.5. The maximum absolute atomic E-state index is 11.5. The molecule has 1 aromatic heterocycles. The van der Waals surface area contributed by atoms with Gasteiger partial charge in [-0.25, -0.2) is 4.79 Å². The van der Waals surface area contributed by atoms with Crippen molar-refractivity contribution in [3.63, 3.8) is 0 Å². The highest BCUT2D eigenvalue weighted by molar-refractivity contribution is 5.89. The average Bonchev–Trinajstić information content (AvgIpc) is 2.66. The Hall–Kier alpha value is -2.88. The van der Waals surface area contributed by atoms with Gasteiger partial charge in [-0.3, -0.25) is 4.98 Å². The van der Waals surface area contributed by atoms with Gasteiger partial charge >= 0.3 is 5.97 Å². The Bertz CT molecular complexity index is 872. The van der Waals surface area contributed by atoms with Gasteiger partial charge in [0.2, 0.25) is 0 Å². The van der Waals surface area contributed by atoms with Crippen LogP contribution in [0.4, 0.5) is 0 Å². The first kappa shape index (κ1) is 17.0. The summed E-state index contributed by atoms with van der Waals surface area (Å²) in [6.45, 7) is 2.57. The van der Waals surface area contributed by atoms with Gasteiger partial charge < -0.3 is 9.47 Å². The zero-order valence-corrected chi connectivity index (χ0v) is 14.5. The van der Waals surface area contributed by atoms with Crippen LogP contribution in [-0.2, 0) is 17.8 Å². The molecule has 0 N–H and O–H groups in total. The molecule has 3 rings (SSSR count). The molecule has 4 heteroatoms. The number of methoxy groups -OCH3 is 1. The fraction of sp³-hybridized carbons (Fsp3) is 0.238. The molecule has 2 aromatic carbocycles. The predicted molar refractivity (Wildman–Crippen MR) is 97.9 cm³/mol. The largest absolute Gasteiger partial charge is 0.488 e. The van der Waals surface area contributed by atoms with Crippen LogP contribution in [0.15, 0.2) is 54.6 Å². The number of ether oxygens (including phenoxy) is 2. The van der Waals surface area contributed by atoms with E-state index in [1.165, 1.54) is 7.11 Å². The number of nitrogens with zero attached hydrogens (tertiary/aromatic N) is 1. The molecule has 0 saturated carbocycles. The highest BCUT2D eigenvalue weighted by Crippen LogP contribution is 2.26. The lowest BCUT2D eigenvalue weighted by Crippen LogP contribution is -2.02. The maximum Gasteiger partial charge on any atom is 0.337 e. The molecule has 0 aliphatic rings. The molecule has 0 saturated heterocycles. The number of hydrogen-bond acceptors (Lipinski definition) is 4. The van der Waals surface area contributed by atoms with E-state index < -0.39 is 0 Å². The molecule has 128 valence electrons. The maximum atomic E-state index is 11.5. The van der Waals surface area contributed by atoms with Gasteiger partial charge in [0.25, 0.3) is 0 Å². The molecule has 0 unspecified atom stereocenters. The van der Waals surface area contributed by atoms with E-state index in [-0.39, 0.29) is 5.97 Å². The molecule has 1 heterocycles. The minimum Gasteiger partial charge on any atom is -0.488 e. The monoisotopic (exact) mass is 335 g/mol. The number of esters is 1. The van der Waals surface area contributed by atoms with Crippen LogP contribution in [0.5, 0.6) is 5.75 Å². The minimum atomic E-state index is -0.336. The first-order chi connectivity index (χ1) is 12.2. The molecule has 0 aliphatic heterocycles. The van der Waals surface area contributed by atoms with E-state index in [0.29, 0.717) is 12.2 Å². The van der Waals surface area contributed by atoms with Crippen molar-refractivity contribution < 1.29 is 14.3 Å². The van der Waals surface area contributed by atoms with Crippen LogP contribution in [0.3, 0.4) is 0 Å². The van der Waals surface area contributed by atoms with Crippen LogP contribution in [0.25, 0.3) is 10.9 Å². The van der Waals surface area contributed by atoms with Gasteiger partial charge in [-0.1, -0.05) is 37.6 Å². The number of carbonyl (C=O) groups excluding carboxylic acids is 1. The van der Waals surface area contributed by atoms with Gasteiger partial charge in [0, 0.05) is 17.1 Å². The molecule has 0 radical (unpaired) electrons. The van der Waals surface area contributed by atoms with Gasteiger partial charge in [0.1, 0.15) is 12.4 Å². The second kappa shape index (κ2) is 7.79. The van der Waals surface area contributed by atoms with Crippen molar-refractivity contribution in [2.24, 2.45) is 0 Å². The van der Waals surface area contributed by atoms with Gasteiger partial charge in [0.05, 0.1) is 18.2 Å². The van der Waals surface area contributed by atoms with Crippen LogP contribution in [0.1, 0.15) is 35.0 Å². The number of carbonyl (C=O) groups is 1. The van der Waals surface area contributed by atoms with Gasteiger partial charge in [-0.15, -0.1) is 0 Å². The van der Waals surface area contributed by atoms with Crippen LogP contribution in [0.2, 0.25) is 0 Å². The molecule has 0 spiro atoms. The Kier molecular flexibility index (Phi) is 5.29. The fourth-order valence-corrected chi connectivity index (χ4v) is 2.72. The normalized spacial score (nSPS) is 10.6. The number of pyridine rings is 1. The van der Waals surface area contributed by atoms with Crippen LogP contribution < -0.4 is 4.74 Å². The van der Waals surface area contributed by atoms with Crippen LogP contribution in [-0.4, -0.2) is 18.1 Å².